The van der Waals surface area contributed by atoms with Crippen molar-refractivity contribution in [3.63, 3.8) is 0 Å². The van der Waals surface area contributed by atoms with Crippen molar-refractivity contribution in [2.75, 3.05) is 18.0 Å². The van der Waals surface area contributed by atoms with Crippen molar-refractivity contribution in [3.05, 3.63) is 88.5 Å². The largest absolute Gasteiger partial charge is 0.389 e. The summed E-state index contributed by atoms with van der Waals surface area (Å²) < 4.78 is 13.4. The van der Waals surface area contributed by atoms with Gasteiger partial charge in [-0.3, -0.25) is 9.59 Å². The monoisotopic (exact) mass is 490 g/mol. The normalized spacial score (nSPS) is 17.4. The number of hydrogen-bond acceptors (Lipinski definition) is 9. The number of ketones is 1. The quantitative estimate of drug-likeness (QED) is 0.395. The highest BCUT2D eigenvalue weighted by atomic mass is 32.1. The van der Waals surface area contributed by atoms with Gasteiger partial charge in [-0.15, -0.1) is 11.3 Å². The van der Waals surface area contributed by atoms with Crippen molar-refractivity contribution in [1.82, 2.24) is 25.3 Å². The average molecular weight is 491 g/mol. The third kappa shape index (κ3) is 4.91. The molecular formula is C24H19FN6O3S. The zero-order valence-corrected chi connectivity index (χ0v) is 19.0. The van der Waals surface area contributed by atoms with Gasteiger partial charge in [0.15, 0.2) is 10.8 Å². The van der Waals surface area contributed by atoms with Crippen molar-refractivity contribution in [3.8, 4) is 11.4 Å². The Bertz CT molecular complexity index is 1370. The smallest absolute Gasteiger partial charge is 0.254 e. The molecule has 35 heavy (non-hydrogen) atoms. The summed E-state index contributed by atoms with van der Waals surface area (Å²) in [6.45, 7) is 0.541. The lowest BCUT2D eigenvalue weighted by molar-refractivity contribution is 0.0887. The first kappa shape index (κ1) is 22.7. The van der Waals surface area contributed by atoms with E-state index in [2.05, 4.69) is 25.3 Å². The van der Waals surface area contributed by atoms with Gasteiger partial charge in [0.05, 0.1) is 17.7 Å². The number of nitrogens with one attached hydrogen (secondary N) is 1. The highest BCUT2D eigenvalue weighted by molar-refractivity contribution is 7.11. The van der Waals surface area contributed by atoms with E-state index in [1.165, 1.54) is 42.1 Å². The van der Waals surface area contributed by atoms with Gasteiger partial charge in [0.2, 0.25) is 5.78 Å². The first-order valence-corrected chi connectivity index (χ1v) is 11.6. The molecule has 1 fully saturated rings. The molecular weight excluding hydrogens is 471 g/mol. The molecule has 0 saturated carbocycles. The van der Waals surface area contributed by atoms with Crippen molar-refractivity contribution in [1.29, 1.82) is 0 Å². The first-order valence-electron chi connectivity index (χ1n) is 10.7. The molecule has 4 aromatic rings. The van der Waals surface area contributed by atoms with Gasteiger partial charge in [-0.1, -0.05) is 12.1 Å². The van der Waals surface area contributed by atoms with E-state index in [-0.39, 0.29) is 17.9 Å². The number of aliphatic hydroxyl groups excluding tert-OH is 1. The van der Waals surface area contributed by atoms with E-state index in [4.69, 9.17) is 0 Å². The lowest BCUT2D eigenvalue weighted by Crippen LogP contribution is -2.43. The summed E-state index contributed by atoms with van der Waals surface area (Å²) in [6, 6.07) is 8.58. The molecule has 5 rings (SSSR count). The molecule has 4 heterocycles. The summed E-state index contributed by atoms with van der Waals surface area (Å²) in [5.74, 6) is -0.227. The fourth-order valence-corrected chi connectivity index (χ4v) is 4.38. The molecule has 2 N–H and O–H groups in total. The molecule has 0 spiro atoms. The molecule has 0 aliphatic carbocycles. The molecule has 1 amide bonds. The minimum Gasteiger partial charge on any atom is -0.389 e. The van der Waals surface area contributed by atoms with Crippen LogP contribution in [0.25, 0.3) is 11.4 Å². The summed E-state index contributed by atoms with van der Waals surface area (Å²) in [5.41, 5.74) is 1.16. The van der Waals surface area contributed by atoms with Crippen LogP contribution in [0.15, 0.2) is 66.6 Å². The van der Waals surface area contributed by atoms with Crippen molar-refractivity contribution in [2.24, 2.45) is 0 Å². The standard InChI is InChI=1S/C24H19FN6O3S/c25-17-3-1-2-15(8-17)22-28-10-16(11-29-22)23(34)30-18-12-31(13-19(18)32)20-9-14(4-5-26-20)21(33)24-27-6-7-35-24/h1-11,18-19,32H,12-13H2,(H,30,34)/t18-,19+/m0/s1. The number of anilines is 1. The fourth-order valence-electron chi connectivity index (χ4n) is 3.78. The zero-order chi connectivity index (χ0) is 24.4. The number of carbonyl (C=O) groups is 2. The maximum Gasteiger partial charge on any atom is 0.254 e. The Morgan fingerprint density at radius 2 is 1.86 bits per heavy atom. The molecule has 1 saturated heterocycles. The number of aliphatic hydroxyl groups is 1. The fraction of sp³-hybridized carbons (Fsp3) is 0.167. The summed E-state index contributed by atoms with van der Waals surface area (Å²) >= 11 is 1.26. The Labute approximate surface area is 203 Å². The van der Waals surface area contributed by atoms with E-state index >= 15 is 0 Å². The Balaban J connectivity index is 1.25. The summed E-state index contributed by atoms with van der Waals surface area (Å²) in [4.78, 5) is 43.8. The number of thiazole rings is 1. The van der Waals surface area contributed by atoms with Gasteiger partial charge in [0.1, 0.15) is 11.6 Å². The number of benzene rings is 1. The predicted octanol–water partition coefficient (Wildman–Crippen LogP) is 2.34. The van der Waals surface area contributed by atoms with Crippen molar-refractivity contribution < 1.29 is 19.1 Å². The van der Waals surface area contributed by atoms with Gasteiger partial charge in [0, 0.05) is 54.4 Å². The van der Waals surface area contributed by atoms with Crippen molar-refractivity contribution >= 4 is 28.8 Å². The predicted molar refractivity (Wildman–Crippen MR) is 127 cm³/mol. The third-order valence-electron chi connectivity index (χ3n) is 5.56. The number of halogens is 1. The molecule has 3 aromatic heterocycles. The van der Waals surface area contributed by atoms with Crippen LogP contribution in [0.3, 0.4) is 0 Å². The van der Waals surface area contributed by atoms with E-state index in [9.17, 15) is 19.1 Å². The average Bonchev–Trinajstić information content (AvgIpc) is 3.54. The molecule has 9 nitrogen and oxygen atoms in total. The van der Waals surface area contributed by atoms with E-state index in [0.29, 0.717) is 34.3 Å². The number of rotatable bonds is 6. The molecule has 2 atom stereocenters. The Morgan fingerprint density at radius 3 is 2.60 bits per heavy atom. The van der Waals surface area contributed by atoms with Gasteiger partial charge < -0.3 is 15.3 Å². The molecule has 1 aliphatic heterocycles. The zero-order valence-electron chi connectivity index (χ0n) is 18.2. The van der Waals surface area contributed by atoms with Crippen LogP contribution in [0.1, 0.15) is 25.7 Å². The Morgan fingerprint density at radius 1 is 1.03 bits per heavy atom. The van der Waals surface area contributed by atoms with Crippen LogP contribution in [0, 0.1) is 5.82 Å². The number of carbonyl (C=O) groups excluding carboxylic acids is 2. The second-order valence-corrected chi connectivity index (χ2v) is 8.82. The molecule has 1 aliphatic rings. The minimum absolute atomic E-state index is 0.199. The second kappa shape index (κ2) is 9.65. The van der Waals surface area contributed by atoms with E-state index < -0.39 is 23.9 Å². The third-order valence-corrected chi connectivity index (χ3v) is 6.33. The lowest BCUT2D eigenvalue weighted by atomic mass is 10.2. The van der Waals surface area contributed by atoms with Gasteiger partial charge in [0.25, 0.3) is 5.91 Å². The highest BCUT2D eigenvalue weighted by Crippen LogP contribution is 2.22. The first-order chi connectivity index (χ1) is 17.0. The Kier molecular flexibility index (Phi) is 6.25. The maximum absolute atomic E-state index is 13.4. The molecule has 11 heteroatoms. The number of β-amino-alcohol motifs (C(OH)–C–C–N with tert-alkyl or cyclic N) is 1. The second-order valence-electron chi connectivity index (χ2n) is 7.93. The van der Waals surface area contributed by atoms with Gasteiger partial charge in [-0.2, -0.15) is 0 Å². The van der Waals surface area contributed by atoms with Crippen LogP contribution >= 0.6 is 11.3 Å². The van der Waals surface area contributed by atoms with Crippen LogP contribution in [0.4, 0.5) is 10.2 Å². The Hall–Kier alpha value is -4.09. The highest BCUT2D eigenvalue weighted by Gasteiger charge is 2.33. The topological polar surface area (TPSA) is 121 Å². The summed E-state index contributed by atoms with van der Waals surface area (Å²) in [7, 11) is 0. The van der Waals surface area contributed by atoms with Gasteiger partial charge in [-0.25, -0.2) is 24.3 Å². The number of aromatic nitrogens is 4. The van der Waals surface area contributed by atoms with Crippen LogP contribution in [-0.4, -0.2) is 62.0 Å². The minimum atomic E-state index is -0.841. The maximum atomic E-state index is 13.4. The summed E-state index contributed by atoms with van der Waals surface area (Å²) in [5, 5.41) is 15.5. The van der Waals surface area contributed by atoms with E-state index in [1.807, 2.05) is 0 Å². The molecule has 0 bridgehead atoms. The van der Waals surface area contributed by atoms with Crippen LogP contribution in [-0.2, 0) is 0 Å². The summed E-state index contributed by atoms with van der Waals surface area (Å²) in [6.07, 6.45) is 4.98. The van der Waals surface area contributed by atoms with Crippen LogP contribution < -0.4 is 10.2 Å². The van der Waals surface area contributed by atoms with Crippen molar-refractivity contribution in [2.45, 2.75) is 12.1 Å². The lowest BCUT2D eigenvalue weighted by Gasteiger charge is -2.18. The van der Waals surface area contributed by atoms with Gasteiger partial charge >= 0.3 is 0 Å². The van der Waals surface area contributed by atoms with E-state index in [0.717, 1.165) is 0 Å². The molecule has 0 unspecified atom stereocenters. The van der Waals surface area contributed by atoms with E-state index in [1.54, 1.807) is 40.7 Å². The SMILES string of the molecule is O=C(N[C@H]1CN(c2cc(C(=O)c3nccs3)ccn2)C[C@H]1O)c1cnc(-c2cccc(F)c2)nc1. The van der Waals surface area contributed by atoms with Gasteiger partial charge in [-0.05, 0) is 24.3 Å². The molecule has 176 valence electrons. The molecule has 0 radical (unpaired) electrons. The molecule has 1 aromatic carbocycles. The number of pyridine rings is 1. The van der Waals surface area contributed by atoms with Crippen LogP contribution in [0.5, 0.6) is 0 Å². The number of amides is 1. The number of nitrogens with zero attached hydrogens (tertiary/aromatic N) is 5. The van der Waals surface area contributed by atoms with Crippen LogP contribution in [0.2, 0.25) is 0 Å². The number of hydrogen-bond donors (Lipinski definition) is 2.